The maximum absolute atomic E-state index is 12.9. The van der Waals surface area contributed by atoms with Gasteiger partial charge in [-0.25, -0.2) is 0 Å². The van der Waals surface area contributed by atoms with E-state index < -0.39 is 0 Å². The number of nitrogens with one attached hydrogen (secondary N) is 1. The first-order chi connectivity index (χ1) is 13.0. The Bertz CT molecular complexity index is 1140. The third-order valence-electron chi connectivity index (χ3n) is 4.95. The fraction of sp³-hybridized carbons (Fsp3) is 0.190. The Balaban J connectivity index is 1.85. The van der Waals surface area contributed by atoms with E-state index in [2.05, 4.69) is 22.8 Å². The van der Waals surface area contributed by atoms with Gasteiger partial charge in [-0.15, -0.1) is 0 Å². The van der Waals surface area contributed by atoms with Crippen LogP contribution in [0.25, 0.3) is 22.0 Å². The first-order valence-electron chi connectivity index (χ1n) is 8.55. The summed E-state index contributed by atoms with van der Waals surface area (Å²) in [5.41, 5.74) is 5.72. The number of benzene rings is 2. The molecule has 4 rings (SSSR count). The number of rotatable bonds is 4. The summed E-state index contributed by atoms with van der Waals surface area (Å²) >= 11 is 0. The van der Waals surface area contributed by atoms with Crippen LogP contribution in [0, 0.1) is 18.3 Å². The lowest BCUT2D eigenvalue weighted by Crippen LogP contribution is -2.25. The predicted molar refractivity (Wildman–Crippen MR) is 102 cm³/mol. The molecule has 0 radical (unpaired) electrons. The smallest absolute Gasteiger partial charge is 0.258 e. The van der Waals surface area contributed by atoms with Gasteiger partial charge in [-0.1, -0.05) is 18.7 Å². The molecule has 27 heavy (non-hydrogen) atoms. The van der Waals surface area contributed by atoms with Crippen LogP contribution in [0.15, 0.2) is 42.5 Å². The highest BCUT2D eigenvalue weighted by atomic mass is 16.5. The Labute approximate surface area is 156 Å². The van der Waals surface area contributed by atoms with E-state index in [9.17, 15) is 4.79 Å². The summed E-state index contributed by atoms with van der Waals surface area (Å²) in [6.07, 6.45) is 0. The fourth-order valence-electron chi connectivity index (χ4n) is 3.59. The van der Waals surface area contributed by atoms with Gasteiger partial charge in [0, 0.05) is 17.5 Å². The lowest BCUT2D eigenvalue weighted by Gasteiger charge is -2.14. The van der Waals surface area contributed by atoms with E-state index in [1.54, 1.807) is 12.0 Å². The first-order valence-corrected chi connectivity index (χ1v) is 8.55. The van der Waals surface area contributed by atoms with Crippen molar-refractivity contribution in [3.63, 3.8) is 0 Å². The van der Waals surface area contributed by atoms with Gasteiger partial charge in [-0.05, 0) is 41.8 Å². The van der Waals surface area contributed by atoms with Crippen LogP contribution in [-0.2, 0) is 6.54 Å². The van der Waals surface area contributed by atoms with Crippen molar-refractivity contribution in [3.05, 3.63) is 59.3 Å². The Morgan fingerprint density at radius 3 is 2.96 bits per heavy atom. The second-order valence-electron chi connectivity index (χ2n) is 6.61. The maximum atomic E-state index is 12.9. The SMILES string of the molecule is C=C(C#N)CN1Cc2c(-c3ccc4[nH]nc(C)c4c3)ccc(OC)c2C1=O. The summed E-state index contributed by atoms with van der Waals surface area (Å²) in [4.78, 5) is 14.5. The van der Waals surface area contributed by atoms with Crippen LogP contribution in [-0.4, -0.2) is 34.7 Å². The topological polar surface area (TPSA) is 82.0 Å². The number of hydrogen-bond acceptors (Lipinski definition) is 4. The number of nitrogens with zero attached hydrogens (tertiary/aromatic N) is 3. The van der Waals surface area contributed by atoms with Crippen LogP contribution in [0.3, 0.4) is 0 Å². The molecule has 6 heteroatoms. The van der Waals surface area contributed by atoms with E-state index in [0.29, 0.717) is 23.4 Å². The third-order valence-corrected chi connectivity index (χ3v) is 4.95. The zero-order chi connectivity index (χ0) is 19.1. The van der Waals surface area contributed by atoms with E-state index in [1.165, 1.54) is 0 Å². The van der Waals surface area contributed by atoms with E-state index in [-0.39, 0.29) is 12.5 Å². The number of amides is 1. The molecule has 2 heterocycles. The minimum atomic E-state index is -0.138. The van der Waals surface area contributed by atoms with Crippen LogP contribution < -0.4 is 4.74 Å². The Morgan fingerprint density at radius 1 is 1.41 bits per heavy atom. The summed E-state index contributed by atoms with van der Waals surface area (Å²) in [7, 11) is 1.56. The minimum Gasteiger partial charge on any atom is -0.496 e. The fourth-order valence-corrected chi connectivity index (χ4v) is 3.59. The summed E-state index contributed by atoms with van der Waals surface area (Å²) in [5.74, 6) is 0.407. The number of ether oxygens (including phenoxy) is 1. The zero-order valence-electron chi connectivity index (χ0n) is 15.2. The van der Waals surface area contributed by atoms with E-state index in [0.717, 1.165) is 33.3 Å². The normalized spacial score (nSPS) is 12.9. The van der Waals surface area contributed by atoms with Gasteiger partial charge in [0.2, 0.25) is 0 Å². The molecule has 1 aromatic heterocycles. The zero-order valence-corrected chi connectivity index (χ0v) is 15.2. The maximum Gasteiger partial charge on any atom is 0.258 e. The molecule has 0 atom stereocenters. The van der Waals surface area contributed by atoms with Crippen molar-refractivity contribution in [2.24, 2.45) is 0 Å². The molecule has 0 saturated carbocycles. The summed E-state index contributed by atoms with van der Waals surface area (Å²) in [5, 5.41) is 17.3. The number of fused-ring (bicyclic) bond motifs is 2. The van der Waals surface area contributed by atoms with E-state index in [1.807, 2.05) is 37.3 Å². The molecule has 0 spiro atoms. The van der Waals surface area contributed by atoms with Crippen LogP contribution >= 0.6 is 0 Å². The van der Waals surface area contributed by atoms with Crippen molar-refractivity contribution >= 4 is 16.8 Å². The molecule has 0 unspecified atom stereocenters. The van der Waals surface area contributed by atoms with Crippen molar-refractivity contribution in [2.45, 2.75) is 13.5 Å². The summed E-state index contributed by atoms with van der Waals surface area (Å²) in [6.45, 7) is 6.29. The summed E-state index contributed by atoms with van der Waals surface area (Å²) in [6, 6.07) is 11.9. The Hall–Kier alpha value is -3.59. The van der Waals surface area contributed by atoms with Crippen molar-refractivity contribution in [1.29, 1.82) is 5.26 Å². The average molecular weight is 358 g/mol. The number of aromatic nitrogens is 2. The molecule has 1 amide bonds. The summed E-state index contributed by atoms with van der Waals surface area (Å²) < 4.78 is 5.42. The molecule has 1 N–H and O–H groups in total. The number of aromatic amines is 1. The van der Waals surface area contributed by atoms with Gasteiger partial charge in [0.05, 0.1) is 36.5 Å². The third kappa shape index (κ3) is 2.64. The second kappa shape index (κ2) is 6.29. The number of aryl methyl sites for hydroxylation is 1. The highest BCUT2D eigenvalue weighted by molar-refractivity contribution is 6.03. The Morgan fingerprint density at radius 2 is 2.22 bits per heavy atom. The number of H-pyrrole nitrogens is 1. The van der Waals surface area contributed by atoms with Gasteiger partial charge >= 0.3 is 0 Å². The van der Waals surface area contributed by atoms with Crippen molar-refractivity contribution in [1.82, 2.24) is 15.1 Å². The molecule has 134 valence electrons. The van der Waals surface area contributed by atoms with E-state index >= 15 is 0 Å². The van der Waals surface area contributed by atoms with Crippen LogP contribution in [0.2, 0.25) is 0 Å². The molecule has 0 bridgehead atoms. The molecule has 0 aliphatic carbocycles. The number of methoxy groups -OCH3 is 1. The van der Waals surface area contributed by atoms with Crippen molar-refractivity contribution in [2.75, 3.05) is 13.7 Å². The number of nitriles is 1. The highest BCUT2D eigenvalue weighted by Gasteiger charge is 2.33. The van der Waals surface area contributed by atoms with Gasteiger partial charge < -0.3 is 9.64 Å². The molecule has 6 nitrogen and oxygen atoms in total. The predicted octanol–water partition coefficient (Wildman–Crippen LogP) is 3.58. The molecule has 3 aromatic rings. The molecular weight excluding hydrogens is 340 g/mol. The number of hydrogen-bond donors (Lipinski definition) is 1. The molecule has 2 aromatic carbocycles. The van der Waals surface area contributed by atoms with Gasteiger partial charge in [-0.2, -0.15) is 10.4 Å². The van der Waals surface area contributed by atoms with Crippen molar-refractivity contribution < 1.29 is 9.53 Å². The first kappa shape index (κ1) is 16.9. The number of carbonyl (C=O) groups is 1. The second-order valence-corrected chi connectivity index (χ2v) is 6.61. The lowest BCUT2D eigenvalue weighted by atomic mass is 9.95. The largest absolute Gasteiger partial charge is 0.496 e. The molecule has 1 aliphatic heterocycles. The van der Waals surface area contributed by atoms with Gasteiger partial charge in [0.1, 0.15) is 5.75 Å². The monoisotopic (exact) mass is 358 g/mol. The van der Waals surface area contributed by atoms with Crippen LogP contribution in [0.1, 0.15) is 21.6 Å². The lowest BCUT2D eigenvalue weighted by molar-refractivity contribution is 0.0791. The van der Waals surface area contributed by atoms with Crippen molar-refractivity contribution in [3.8, 4) is 22.9 Å². The van der Waals surface area contributed by atoms with Crippen LogP contribution in [0.4, 0.5) is 0 Å². The van der Waals surface area contributed by atoms with Crippen LogP contribution in [0.5, 0.6) is 5.75 Å². The highest BCUT2D eigenvalue weighted by Crippen LogP contribution is 2.39. The van der Waals surface area contributed by atoms with Gasteiger partial charge in [0.15, 0.2) is 0 Å². The standard InChI is InChI=1S/C21H18N4O2/c1-12(9-22)10-25-11-17-15(5-7-19(27-3)20(17)21(25)26)14-4-6-18-16(8-14)13(2)23-24-18/h4-8H,1,10-11H2,2-3H3,(H,23,24). The van der Waals surface area contributed by atoms with Gasteiger partial charge in [-0.3, -0.25) is 9.89 Å². The number of carbonyl (C=O) groups excluding carboxylic acids is 1. The molecule has 1 aliphatic rings. The quantitative estimate of drug-likeness (QED) is 0.723. The minimum absolute atomic E-state index is 0.138. The molecule has 0 fully saturated rings. The Kier molecular flexibility index (Phi) is 3.93. The van der Waals surface area contributed by atoms with E-state index in [4.69, 9.17) is 10.00 Å². The molecular formula is C21H18N4O2. The molecule has 0 saturated heterocycles. The average Bonchev–Trinajstić information content (AvgIpc) is 3.21. The van der Waals surface area contributed by atoms with Gasteiger partial charge in [0.25, 0.3) is 5.91 Å².